The molecule has 0 unspecified atom stereocenters. The number of ether oxygens (including phenoxy) is 1. The summed E-state index contributed by atoms with van der Waals surface area (Å²) < 4.78 is 22.2. The van der Waals surface area contributed by atoms with Gasteiger partial charge in [-0.15, -0.1) is 0 Å². The molecule has 35 heavy (non-hydrogen) atoms. The van der Waals surface area contributed by atoms with Gasteiger partial charge in [0.25, 0.3) is 5.91 Å². The van der Waals surface area contributed by atoms with Crippen LogP contribution in [0.3, 0.4) is 0 Å². The Balaban J connectivity index is 1.34. The van der Waals surface area contributed by atoms with Gasteiger partial charge in [0.1, 0.15) is 11.4 Å². The number of anilines is 2. The molecule has 0 aliphatic carbocycles. The van der Waals surface area contributed by atoms with Crippen molar-refractivity contribution in [3.8, 4) is 5.69 Å². The van der Waals surface area contributed by atoms with E-state index in [1.807, 2.05) is 18.2 Å². The first-order valence-corrected chi connectivity index (χ1v) is 11.3. The quantitative estimate of drug-likeness (QED) is 0.387. The molecule has 178 valence electrons. The third-order valence-electron chi connectivity index (χ3n) is 6.52. The van der Waals surface area contributed by atoms with Crippen LogP contribution >= 0.6 is 11.6 Å². The molecule has 4 heterocycles. The minimum absolute atomic E-state index is 0.0474. The predicted molar refractivity (Wildman–Crippen MR) is 126 cm³/mol. The number of benzene rings is 2. The van der Waals surface area contributed by atoms with Gasteiger partial charge in [-0.1, -0.05) is 11.6 Å². The van der Waals surface area contributed by atoms with Crippen molar-refractivity contribution in [2.75, 3.05) is 24.1 Å². The molecule has 0 radical (unpaired) electrons. The highest BCUT2D eigenvalue weighted by atomic mass is 35.5. The number of rotatable bonds is 2. The zero-order valence-corrected chi connectivity index (χ0v) is 19.0. The van der Waals surface area contributed by atoms with Crippen molar-refractivity contribution in [2.24, 2.45) is 0 Å². The van der Waals surface area contributed by atoms with Crippen LogP contribution < -0.4 is 11.1 Å². The van der Waals surface area contributed by atoms with E-state index in [1.54, 1.807) is 6.20 Å². The van der Waals surface area contributed by atoms with Crippen LogP contribution in [0.1, 0.15) is 28.8 Å². The Morgan fingerprint density at radius 1 is 1.26 bits per heavy atom. The summed E-state index contributed by atoms with van der Waals surface area (Å²) in [4.78, 5) is 27.3. The second kappa shape index (κ2) is 7.70. The van der Waals surface area contributed by atoms with Gasteiger partial charge in [-0.3, -0.25) is 15.2 Å². The molecule has 4 N–H and O–H groups in total. The van der Waals surface area contributed by atoms with Crippen LogP contribution in [0.4, 0.5) is 20.7 Å². The highest BCUT2D eigenvalue weighted by Crippen LogP contribution is 2.45. The Bertz CT molecular complexity index is 1520. The summed E-state index contributed by atoms with van der Waals surface area (Å²) in [7, 11) is 0. The summed E-state index contributed by atoms with van der Waals surface area (Å²) >= 11 is 6.03. The lowest BCUT2D eigenvalue weighted by Crippen LogP contribution is -2.53. The minimum atomic E-state index is -1.36. The molecule has 12 heteroatoms. The Morgan fingerprint density at radius 3 is 2.97 bits per heavy atom. The SMILES string of the molecule is Nc1c(C(=O)N2CCC[C@@]3(C2)OC(=O)Nc2ccc(Cl)c(F)c23)cnn1-c1ccc2cn[nH]c2c1. The summed E-state index contributed by atoms with van der Waals surface area (Å²) in [6.07, 6.45) is 3.21. The molecule has 2 amide bonds. The van der Waals surface area contributed by atoms with Gasteiger partial charge in [0.05, 0.1) is 46.4 Å². The average molecular weight is 496 g/mol. The molecule has 1 spiro atoms. The predicted octanol–water partition coefficient (Wildman–Crippen LogP) is 3.82. The number of hydrogen-bond donors (Lipinski definition) is 3. The highest BCUT2D eigenvalue weighted by molar-refractivity contribution is 6.31. The second-order valence-corrected chi connectivity index (χ2v) is 9.03. The normalized spacial score (nSPS) is 19.5. The van der Waals surface area contributed by atoms with Crippen LogP contribution in [-0.4, -0.2) is 50.0 Å². The molecule has 0 bridgehead atoms. The van der Waals surface area contributed by atoms with Crippen molar-refractivity contribution in [1.82, 2.24) is 24.9 Å². The molecule has 1 fully saturated rings. The van der Waals surface area contributed by atoms with E-state index in [4.69, 9.17) is 22.1 Å². The van der Waals surface area contributed by atoms with E-state index in [0.29, 0.717) is 25.1 Å². The molecule has 1 saturated heterocycles. The topological polar surface area (TPSA) is 131 Å². The number of fused-ring (bicyclic) bond motifs is 3. The number of aromatic nitrogens is 4. The molecule has 0 saturated carbocycles. The minimum Gasteiger partial charge on any atom is -0.436 e. The number of likely N-dealkylation sites (tertiary alicyclic amines) is 1. The third kappa shape index (κ3) is 3.30. The number of aromatic amines is 1. The second-order valence-electron chi connectivity index (χ2n) is 8.62. The summed E-state index contributed by atoms with van der Waals surface area (Å²) in [5.74, 6) is -0.917. The molecular weight excluding hydrogens is 477 g/mol. The smallest absolute Gasteiger partial charge is 0.412 e. The maximum atomic E-state index is 15.1. The number of nitrogens with two attached hydrogens (primary N) is 1. The number of carbonyl (C=O) groups is 2. The molecule has 6 rings (SSSR count). The maximum Gasteiger partial charge on any atom is 0.412 e. The zero-order valence-electron chi connectivity index (χ0n) is 18.2. The van der Waals surface area contributed by atoms with Crippen molar-refractivity contribution in [3.05, 3.63) is 64.7 Å². The highest BCUT2D eigenvalue weighted by Gasteiger charge is 2.48. The largest absolute Gasteiger partial charge is 0.436 e. The molecular formula is C23H19ClFN7O3. The van der Waals surface area contributed by atoms with Gasteiger partial charge in [-0.25, -0.2) is 13.9 Å². The van der Waals surface area contributed by atoms with Gasteiger partial charge in [0.15, 0.2) is 11.4 Å². The van der Waals surface area contributed by atoms with Crippen LogP contribution in [0.25, 0.3) is 16.6 Å². The van der Waals surface area contributed by atoms with E-state index in [1.165, 1.54) is 27.9 Å². The van der Waals surface area contributed by atoms with E-state index in [0.717, 1.165) is 10.9 Å². The Labute approximate surface area is 202 Å². The van der Waals surface area contributed by atoms with Crippen molar-refractivity contribution in [1.29, 1.82) is 0 Å². The molecule has 2 aliphatic heterocycles. The summed E-state index contributed by atoms with van der Waals surface area (Å²) in [5.41, 5.74) is 7.03. The first-order valence-electron chi connectivity index (χ1n) is 10.9. The first kappa shape index (κ1) is 21.4. The summed E-state index contributed by atoms with van der Waals surface area (Å²) in [6, 6.07) is 8.42. The number of piperidine rings is 1. The number of H-pyrrole nitrogens is 1. The average Bonchev–Trinajstić information content (AvgIpc) is 3.46. The fourth-order valence-electron chi connectivity index (χ4n) is 4.90. The number of nitrogen functional groups attached to an aromatic ring is 1. The fraction of sp³-hybridized carbons (Fsp3) is 0.217. The Hall–Kier alpha value is -4.12. The van der Waals surface area contributed by atoms with Crippen LogP contribution in [0.5, 0.6) is 0 Å². The van der Waals surface area contributed by atoms with E-state index in [9.17, 15) is 9.59 Å². The van der Waals surface area contributed by atoms with Gasteiger partial charge in [-0.05, 0) is 43.2 Å². The zero-order chi connectivity index (χ0) is 24.3. The van der Waals surface area contributed by atoms with Crippen molar-refractivity contribution < 1.29 is 18.7 Å². The summed E-state index contributed by atoms with van der Waals surface area (Å²) in [5, 5.41) is 14.6. The monoisotopic (exact) mass is 495 g/mol. The van der Waals surface area contributed by atoms with Gasteiger partial charge in [-0.2, -0.15) is 10.2 Å². The number of nitrogens with one attached hydrogen (secondary N) is 2. The molecule has 2 aromatic carbocycles. The third-order valence-corrected chi connectivity index (χ3v) is 6.82. The van der Waals surface area contributed by atoms with Crippen molar-refractivity contribution in [3.63, 3.8) is 0 Å². The van der Waals surface area contributed by atoms with Crippen molar-refractivity contribution >= 4 is 46.0 Å². The van der Waals surface area contributed by atoms with Gasteiger partial charge in [0, 0.05) is 11.9 Å². The number of amides is 2. The van der Waals surface area contributed by atoms with Crippen LogP contribution in [0.15, 0.2) is 42.7 Å². The fourth-order valence-corrected chi connectivity index (χ4v) is 5.06. The van der Waals surface area contributed by atoms with Crippen LogP contribution in [0.2, 0.25) is 5.02 Å². The molecule has 1 atom stereocenters. The first-order chi connectivity index (χ1) is 16.9. The molecule has 10 nitrogen and oxygen atoms in total. The van der Waals surface area contributed by atoms with E-state index >= 15 is 4.39 Å². The molecule has 4 aromatic rings. The van der Waals surface area contributed by atoms with Gasteiger partial charge >= 0.3 is 6.09 Å². The maximum absolute atomic E-state index is 15.1. The van der Waals surface area contributed by atoms with E-state index in [-0.39, 0.29) is 34.2 Å². The van der Waals surface area contributed by atoms with E-state index in [2.05, 4.69) is 20.6 Å². The number of carbonyl (C=O) groups excluding carboxylic acids is 2. The molecule has 2 aliphatic rings. The summed E-state index contributed by atoms with van der Waals surface area (Å²) in [6.45, 7) is 0.335. The standard InChI is InChI=1S/C23H19ClFN7O3/c24-15-4-5-16-18(19(15)25)23(35-22(34)29-16)6-1-7-31(11-23)21(33)14-10-28-32(20(14)26)13-3-2-12-9-27-30-17(12)8-13/h2-5,8-10H,1,6-7,11,26H2,(H,27,30)(H,29,34)/t23-/m0/s1. The lowest BCUT2D eigenvalue weighted by molar-refractivity contribution is -0.0418. The lowest BCUT2D eigenvalue weighted by Gasteiger charge is -2.45. The number of halogens is 2. The Morgan fingerprint density at radius 2 is 2.11 bits per heavy atom. The van der Waals surface area contributed by atoms with E-state index < -0.39 is 23.4 Å². The van der Waals surface area contributed by atoms with Gasteiger partial charge in [0.2, 0.25) is 0 Å². The number of hydrogen-bond acceptors (Lipinski definition) is 6. The Kier molecular flexibility index (Phi) is 4.71. The van der Waals surface area contributed by atoms with Crippen LogP contribution in [0, 0.1) is 5.82 Å². The van der Waals surface area contributed by atoms with Crippen molar-refractivity contribution in [2.45, 2.75) is 18.4 Å². The van der Waals surface area contributed by atoms with Crippen LogP contribution in [-0.2, 0) is 10.3 Å². The van der Waals surface area contributed by atoms with Gasteiger partial charge < -0.3 is 15.4 Å². The lowest BCUT2D eigenvalue weighted by atomic mass is 9.83. The molecule has 2 aromatic heterocycles. The number of nitrogens with zero attached hydrogens (tertiary/aromatic N) is 4.